The van der Waals surface area contributed by atoms with Crippen LogP contribution >= 0.6 is 15.9 Å². The van der Waals surface area contributed by atoms with Crippen LogP contribution in [0.25, 0.3) is 11.4 Å². The fourth-order valence-corrected chi connectivity index (χ4v) is 4.87. The van der Waals surface area contributed by atoms with Crippen molar-refractivity contribution < 1.29 is 14.1 Å². The molecule has 7 nitrogen and oxygen atoms in total. The van der Waals surface area contributed by atoms with Crippen molar-refractivity contribution in [3.8, 4) is 11.4 Å². The molecule has 3 amide bonds. The lowest BCUT2D eigenvalue weighted by Gasteiger charge is -2.41. The molecule has 3 atom stereocenters. The molecule has 2 aromatic carbocycles. The number of amides is 3. The number of benzene rings is 2. The maximum atomic E-state index is 13.1. The van der Waals surface area contributed by atoms with Crippen molar-refractivity contribution in [2.45, 2.75) is 37.6 Å². The number of urea groups is 1. The second-order valence-corrected chi connectivity index (χ2v) is 9.28. The van der Waals surface area contributed by atoms with Crippen LogP contribution in [-0.4, -0.2) is 39.6 Å². The third-order valence-corrected chi connectivity index (χ3v) is 6.88. The summed E-state index contributed by atoms with van der Waals surface area (Å²) in [6.07, 6.45) is 2.74. The summed E-state index contributed by atoms with van der Waals surface area (Å²) in [7, 11) is 0. The van der Waals surface area contributed by atoms with Gasteiger partial charge in [-0.15, -0.1) is 0 Å². The predicted octanol–water partition coefficient (Wildman–Crippen LogP) is 4.55. The molecule has 0 bridgehead atoms. The number of hydrogen-bond donors (Lipinski definition) is 1. The molecule has 164 valence electrons. The summed E-state index contributed by atoms with van der Waals surface area (Å²) in [6, 6.07) is 17.1. The smallest absolute Gasteiger partial charge is 0.324 e. The van der Waals surface area contributed by atoms with Crippen molar-refractivity contribution in [2.24, 2.45) is 5.92 Å². The first kappa shape index (κ1) is 20.9. The first-order valence-electron chi connectivity index (χ1n) is 10.8. The van der Waals surface area contributed by atoms with Gasteiger partial charge in [0.15, 0.2) is 0 Å². The van der Waals surface area contributed by atoms with Gasteiger partial charge in [-0.2, -0.15) is 4.98 Å². The van der Waals surface area contributed by atoms with E-state index in [-0.39, 0.29) is 29.8 Å². The number of aromatic nitrogens is 2. The summed E-state index contributed by atoms with van der Waals surface area (Å²) in [6.45, 7) is 0.390. The number of fused-ring (bicyclic) bond motifs is 1. The zero-order chi connectivity index (χ0) is 22.1. The normalized spacial score (nSPS) is 23.0. The first-order chi connectivity index (χ1) is 15.6. The molecule has 2 aliphatic rings. The Hall–Kier alpha value is -3.00. The minimum absolute atomic E-state index is 0.0249. The van der Waals surface area contributed by atoms with E-state index in [1.54, 1.807) is 0 Å². The Morgan fingerprint density at radius 1 is 1.06 bits per heavy atom. The minimum Gasteiger partial charge on any atom is -0.339 e. The van der Waals surface area contributed by atoms with Crippen LogP contribution in [0.3, 0.4) is 0 Å². The molecule has 1 aliphatic carbocycles. The summed E-state index contributed by atoms with van der Waals surface area (Å²) < 4.78 is 6.53. The van der Waals surface area contributed by atoms with E-state index >= 15 is 0 Å². The molecule has 5 rings (SSSR count). The zero-order valence-electron chi connectivity index (χ0n) is 17.4. The van der Waals surface area contributed by atoms with Crippen LogP contribution in [0.1, 0.15) is 36.6 Å². The van der Waals surface area contributed by atoms with Crippen molar-refractivity contribution in [1.29, 1.82) is 0 Å². The molecule has 8 heteroatoms. The second kappa shape index (κ2) is 8.86. The van der Waals surface area contributed by atoms with E-state index in [1.807, 2.05) is 54.6 Å². The molecule has 0 spiro atoms. The van der Waals surface area contributed by atoms with Crippen molar-refractivity contribution in [3.63, 3.8) is 0 Å². The second-order valence-electron chi connectivity index (χ2n) is 8.36. The number of halogens is 1. The van der Waals surface area contributed by atoms with Gasteiger partial charge in [0.1, 0.15) is 0 Å². The van der Waals surface area contributed by atoms with Gasteiger partial charge in [-0.25, -0.2) is 4.79 Å². The molecule has 2 fully saturated rings. The summed E-state index contributed by atoms with van der Waals surface area (Å²) >= 11 is 3.42. The Morgan fingerprint density at radius 3 is 2.62 bits per heavy atom. The third kappa shape index (κ3) is 4.19. The predicted molar refractivity (Wildman–Crippen MR) is 122 cm³/mol. The molecular formula is C24H23BrN4O3. The van der Waals surface area contributed by atoms with Crippen LogP contribution in [0.4, 0.5) is 4.79 Å². The van der Waals surface area contributed by atoms with Gasteiger partial charge in [-0.3, -0.25) is 9.69 Å². The van der Waals surface area contributed by atoms with Gasteiger partial charge < -0.3 is 9.84 Å². The molecule has 1 aromatic heterocycles. The summed E-state index contributed by atoms with van der Waals surface area (Å²) in [5.41, 5.74) is 1.99. The molecule has 1 N–H and O–H groups in total. The van der Waals surface area contributed by atoms with Gasteiger partial charge >= 0.3 is 6.03 Å². The van der Waals surface area contributed by atoms with Crippen LogP contribution < -0.4 is 5.32 Å². The van der Waals surface area contributed by atoms with Crippen LogP contribution in [-0.2, 0) is 11.2 Å². The SMILES string of the molecule is O=C1NC2CC(c3nc(-c4ccc(Br)cc4)no3)CCC2C(=O)N1CCc1ccccc1. The van der Waals surface area contributed by atoms with Crippen molar-refractivity contribution in [2.75, 3.05) is 6.54 Å². The van der Waals surface area contributed by atoms with E-state index in [0.717, 1.165) is 22.0 Å². The van der Waals surface area contributed by atoms with Gasteiger partial charge in [0.05, 0.1) is 5.92 Å². The standard InChI is InChI=1S/C24H23BrN4O3/c25-18-9-6-16(7-10-18)21-27-22(32-28-21)17-8-11-19-20(14-17)26-24(31)29(23(19)30)13-12-15-4-2-1-3-5-15/h1-7,9-10,17,19-20H,8,11-14H2,(H,26,31). The van der Waals surface area contributed by atoms with Gasteiger partial charge in [0.2, 0.25) is 17.6 Å². The monoisotopic (exact) mass is 494 g/mol. The van der Waals surface area contributed by atoms with E-state index in [2.05, 4.69) is 31.4 Å². The van der Waals surface area contributed by atoms with E-state index in [1.165, 1.54) is 4.90 Å². The highest BCUT2D eigenvalue weighted by Crippen LogP contribution is 2.38. The Bertz CT molecular complexity index is 1120. The number of imide groups is 1. The Kier molecular flexibility index (Phi) is 5.78. The Morgan fingerprint density at radius 2 is 1.84 bits per heavy atom. The zero-order valence-corrected chi connectivity index (χ0v) is 19.0. The van der Waals surface area contributed by atoms with Crippen molar-refractivity contribution in [3.05, 3.63) is 70.5 Å². The lowest BCUT2D eigenvalue weighted by molar-refractivity contribution is -0.136. The highest BCUT2D eigenvalue weighted by atomic mass is 79.9. The molecular weight excluding hydrogens is 472 g/mol. The van der Waals surface area contributed by atoms with Crippen LogP contribution in [0.15, 0.2) is 63.6 Å². The summed E-state index contributed by atoms with van der Waals surface area (Å²) in [4.78, 5) is 31.7. The fourth-order valence-electron chi connectivity index (χ4n) is 4.60. The first-order valence-corrected chi connectivity index (χ1v) is 11.6. The number of rotatable bonds is 5. The highest BCUT2D eigenvalue weighted by molar-refractivity contribution is 9.10. The molecule has 3 aromatic rings. The van der Waals surface area contributed by atoms with E-state index in [4.69, 9.17) is 4.52 Å². The van der Waals surface area contributed by atoms with Gasteiger partial charge in [-0.05, 0) is 55.5 Å². The number of carbonyl (C=O) groups excluding carboxylic acids is 2. The van der Waals surface area contributed by atoms with E-state index in [9.17, 15) is 9.59 Å². The average molecular weight is 495 g/mol. The maximum absolute atomic E-state index is 13.1. The van der Waals surface area contributed by atoms with Gasteiger partial charge in [0, 0.05) is 28.5 Å². The number of carbonyl (C=O) groups is 2. The molecule has 1 saturated heterocycles. The van der Waals surface area contributed by atoms with Gasteiger partial charge in [-0.1, -0.05) is 51.4 Å². The molecule has 1 saturated carbocycles. The molecule has 1 aliphatic heterocycles. The van der Waals surface area contributed by atoms with Crippen LogP contribution in [0, 0.1) is 5.92 Å². The quantitative estimate of drug-likeness (QED) is 0.562. The topological polar surface area (TPSA) is 88.3 Å². The molecule has 0 radical (unpaired) electrons. The van der Waals surface area contributed by atoms with Crippen molar-refractivity contribution in [1.82, 2.24) is 20.4 Å². The maximum Gasteiger partial charge on any atom is 0.324 e. The van der Waals surface area contributed by atoms with Crippen molar-refractivity contribution >= 4 is 27.9 Å². The number of nitrogens with zero attached hydrogens (tertiary/aromatic N) is 3. The summed E-state index contributed by atoms with van der Waals surface area (Å²) in [5.74, 6) is 0.861. The van der Waals surface area contributed by atoms with E-state index in [0.29, 0.717) is 37.5 Å². The van der Waals surface area contributed by atoms with Gasteiger partial charge in [0.25, 0.3) is 0 Å². The van der Waals surface area contributed by atoms with Crippen LogP contribution in [0.2, 0.25) is 0 Å². The Balaban J connectivity index is 1.24. The third-order valence-electron chi connectivity index (χ3n) is 6.35. The largest absolute Gasteiger partial charge is 0.339 e. The Labute approximate surface area is 194 Å². The lowest BCUT2D eigenvalue weighted by atomic mass is 9.76. The van der Waals surface area contributed by atoms with E-state index < -0.39 is 0 Å². The minimum atomic E-state index is -0.311. The average Bonchev–Trinajstić information content (AvgIpc) is 3.30. The molecule has 2 heterocycles. The summed E-state index contributed by atoms with van der Waals surface area (Å²) in [5, 5.41) is 7.18. The fraction of sp³-hybridized carbons (Fsp3) is 0.333. The number of nitrogens with one attached hydrogen (secondary N) is 1. The lowest BCUT2D eigenvalue weighted by Crippen LogP contribution is -2.61. The highest BCUT2D eigenvalue weighted by Gasteiger charge is 2.45. The molecule has 32 heavy (non-hydrogen) atoms. The molecule has 3 unspecified atom stereocenters. The van der Waals surface area contributed by atoms with Crippen LogP contribution in [0.5, 0.6) is 0 Å². The number of hydrogen-bond acceptors (Lipinski definition) is 5.